The molecule has 2 aromatic carbocycles. The predicted octanol–water partition coefficient (Wildman–Crippen LogP) is 5.71. The Balaban J connectivity index is 1.86. The second-order valence-electron chi connectivity index (χ2n) is 8.41. The molecule has 2 heterocycles. The smallest absolute Gasteiger partial charge is 0.290 e. The first-order valence-electron chi connectivity index (χ1n) is 11.2. The second kappa shape index (κ2) is 9.03. The first kappa shape index (κ1) is 21.9. The van der Waals surface area contributed by atoms with Crippen molar-refractivity contribution in [2.75, 3.05) is 13.2 Å². The van der Waals surface area contributed by atoms with E-state index in [4.69, 9.17) is 9.15 Å². The molecule has 32 heavy (non-hydrogen) atoms. The second-order valence-corrected chi connectivity index (χ2v) is 8.41. The van der Waals surface area contributed by atoms with Crippen molar-refractivity contribution in [3.63, 3.8) is 0 Å². The van der Waals surface area contributed by atoms with Crippen molar-refractivity contribution in [3.05, 3.63) is 87.3 Å². The standard InChI is InChI=1S/C27H29NO4/c1-5-7-8-13-28-23(19-9-11-20(12-10-19)31-14-6-2)22-24(29)21-16-17(3)15-18(4)25(21)32-26(22)27(28)30/h6,9-12,15-16,23H,2,5,7-8,13-14H2,1,3-4H3. The van der Waals surface area contributed by atoms with Gasteiger partial charge < -0.3 is 14.1 Å². The number of hydrogen-bond donors (Lipinski definition) is 0. The lowest BCUT2D eigenvalue weighted by molar-refractivity contribution is 0.0724. The molecule has 0 spiro atoms. The fraction of sp³-hybridized carbons (Fsp3) is 0.333. The van der Waals surface area contributed by atoms with Gasteiger partial charge in [0.15, 0.2) is 5.43 Å². The van der Waals surface area contributed by atoms with Crippen LogP contribution in [0.25, 0.3) is 11.0 Å². The number of benzene rings is 2. The Kier molecular flexibility index (Phi) is 6.17. The summed E-state index contributed by atoms with van der Waals surface area (Å²) in [6, 6.07) is 10.9. The van der Waals surface area contributed by atoms with Crippen LogP contribution in [-0.4, -0.2) is 24.0 Å². The zero-order valence-corrected chi connectivity index (χ0v) is 18.9. The minimum Gasteiger partial charge on any atom is -0.490 e. The fourth-order valence-corrected chi connectivity index (χ4v) is 4.49. The zero-order chi connectivity index (χ0) is 22.8. The van der Waals surface area contributed by atoms with E-state index in [1.54, 1.807) is 11.0 Å². The average Bonchev–Trinajstić information content (AvgIpc) is 3.06. The highest BCUT2D eigenvalue weighted by Crippen LogP contribution is 2.39. The number of ether oxygens (including phenoxy) is 1. The van der Waals surface area contributed by atoms with Crippen molar-refractivity contribution in [1.29, 1.82) is 0 Å². The van der Waals surface area contributed by atoms with Gasteiger partial charge in [0.1, 0.15) is 17.9 Å². The number of unbranched alkanes of at least 4 members (excludes halogenated alkanes) is 2. The van der Waals surface area contributed by atoms with E-state index in [1.807, 2.05) is 50.2 Å². The number of carbonyl (C=O) groups excluding carboxylic acids is 1. The van der Waals surface area contributed by atoms with E-state index >= 15 is 0 Å². The Labute approximate surface area is 188 Å². The van der Waals surface area contributed by atoms with Gasteiger partial charge in [0.25, 0.3) is 5.91 Å². The highest BCUT2D eigenvalue weighted by atomic mass is 16.5. The van der Waals surface area contributed by atoms with Crippen molar-refractivity contribution in [1.82, 2.24) is 4.90 Å². The molecule has 5 heteroatoms. The minimum atomic E-state index is -0.468. The van der Waals surface area contributed by atoms with Crippen molar-refractivity contribution < 1.29 is 13.9 Å². The highest BCUT2D eigenvalue weighted by Gasteiger charge is 2.42. The highest BCUT2D eigenvalue weighted by molar-refractivity contribution is 5.99. The molecule has 1 atom stereocenters. The summed E-state index contributed by atoms with van der Waals surface area (Å²) in [5, 5.41) is 0.528. The molecule has 3 aromatic rings. The van der Waals surface area contributed by atoms with Gasteiger partial charge in [0, 0.05) is 6.54 Å². The summed E-state index contributed by atoms with van der Waals surface area (Å²) < 4.78 is 11.7. The Morgan fingerprint density at radius 1 is 1.12 bits per heavy atom. The van der Waals surface area contributed by atoms with E-state index in [-0.39, 0.29) is 17.1 Å². The van der Waals surface area contributed by atoms with Crippen LogP contribution in [0, 0.1) is 13.8 Å². The SMILES string of the molecule is C=CCOc1ccc(C2c3c(oc4c(C)cc(C)cc4c3=O)C(=O)N2CCCCC)cc1. The van der Waals surface area contributed by atoms with Gasteiger partial charge in [-0.15, -0.1) is 0 Å². The van der Waals surface area contributed by atoms with Gasteiger partial charge >= 0.3 is 0 Å². The first-order valence-corrected chi connectivity index (χ1v) is 11.2. The molecule has 0 aliphatic carbocycles. The van der Waals surface area contributed by atoms with Crippen LogP contribution in [-0.2, 0) is 0 Å². The minimum absolute atomic E-state index is 0.128. The summed E-state index contributed by atoms with van der Waals surface area (Å²) in [5.74, 6) is 0.669. The Morgan fingerprint density at radius 3 is 2.56 bits per heavy atom. The molecular formula is C27H29NO4. The largest absolute Gasteiger partial charge is 0.490 e. The molecule has 0 N–H and O–H groups in total. The third-order valence-electron chi connectivity index (χ3n) is 5.96. The molecule has 1 unspecified atom stereocenters. The Morgan fingerprint density at radius 2 is 1.88 bits per heavy atom. The van der Waals surface area contributed by atoms with Gasteiger partial charge in [-0.25, -0.2) is 0 Å². The van der Waals surface area contributed by atoms with Crippen molar-refractivity contribution in [3.8, 4) is 5.75 Å². The van der Waals surface area contributed by atoms with Crippen LogP contribution in [0.5, 0.6) is 5.75 Å². The lowest BCUT2D eigenvalue weighted by Gasteiger charge is -2.25. The summed E-state index contributed by atoms with van der Waals surface area (Å²) in [5.41, 5.74) is 3.52. The summed E-state index contributed by atoms with van der Waals surface area (Å²) in [6.45, 7) is 10.7. The zero-order valence-electron chi connectivity index (χ0n) is 18.9. The summed E-state index contributed by atoms with van der Waals surface area (Å²) in [7, 11) is 0. The molecule has 166 valence electrons. The van der Waals surface area contributed by atoms with Crippen LogP contribution in [0.3, 0.4) is 0 Å². The number of hydrogen-bond acceptors (Lipinski definition) is 4. The fourth-order valence-electron chi connectivity index (χ4n) is 4.49. The van der Waals surface area contributed by atoms with Gasteiger partial charge in [0.2, 0.25) is 5.76 Å². The maximum absolute atomic E-state index is 13.7. The number of amides is 1. The Bertz CT molecular complexity index is 1220. The summed E-state index contributed by atoms with van der Waals surface area (Å²) >= 11 is 0. The molecule has 5 nitrogen and oxygen atoms in total. The normalized spacial score (nSPS) is 15.3. The molecule has 0 bridgehead atoms. The van der Waals surface area contributed by atoms with Crippen molar-refractivity contribution in [2.45, 2.75) is 46.1 Å². The number of aryl methyl sites for hydroxylation is 2. The van der Waals surface area contributed by atoms with Crippen LogP contribution in [0.2, 0.25) is 0 Å². The lowest BCUT2D eigenvalue weighted by Crippen LogP contribution is -2.30. The van der Waals surface area contributed by atoms with E-state index < -0.39 is 6.04 Å². The van der Waals surface area contributed by atoms with Crippen LogP contribution in [0.15, 0.2) is 58.3 Å². The number of rotatable bonds is 8. The summed E-state index contributed by atoms with van der Waals surface area (Å²) in [4.78, 5) is 28.9. The molecule has 0 saturated carbocycles. The first-order chi connectivity index (χ1) is 15.5. The van der Waals surface area contributed by atoms with Gasteiger partial charge in [-0.05, 0) is 55.2 Å². The molecule has 0 fully saturated rings. The van der Waals surface area contributed by atoms with E-state index in [2.05, 4.69) is 13.5 Å². The van der Waals surface area contributed by atoms with Crippen molar-refractivity contribution in [2.24, 2.45) is 0 Å². The Hall–Kier alpha value is -3.34. The third-order valence-corrected chi connectivity index (χ3v) is 5.96. The number of nitrogens with zero attached hydrogens (tertiary/aromatic N) is 1. The maximum atomic E-state index is 13.7. The van der Waals surface area contributed by atoms with Crippen LogP contribution in [0.4, 0.5) is 0 Å². The quantitative estimate of drug-likeness (QED) is 0.339. The van der Waals surface area contributed by atoms with Crippen LogP contribution in [0.1, 0.15) is 65.0 Å². The molecule has 4 rings (SSSR count). The van der Waals surface area contributed by atoms with E-state index in [0.29, 0.717) is 35.4 Å². The third kappa shape index (κ3) is 3.83. The average molecular weight is 432 g/mol. The number of fused-ring (bicyclic) bond motifs is 2. The van der Waals surface area contributed by atoms with Gasteiger partial charge in [0.05, 0.1) is 17.0 Å². The molecule has 1 aromatic heterocycles. The molecular weight excluding hydrogens is 402 g/mol. The predicted molar refractivity (Wildman–Crippen MR) is 126 cm³/mol. The van der Waals surface area contributed by atoms with Crippen LogP contribution < -0.4 is 10.2 Å². The monoisotopic (exact) mass is 431 g/mol. The summed E-state index contributed by atoms with van der Waals surface area (Å²) in [6.07, 6.45) is 4.63. The molecule has 1 amide bonds. The van der Waals surface area contributed by atoms with E-state index in [9.17, 15) is 9.59 Å². The molecule has 0 radical (unpaired) electrons. The van der Waals surface area contributed by atoms with E-state index in [1.165, 1.54) is 0 Å². The topological polar surface area (TPSA) is 59.8 Å². The molecule has 0 saturated heterocycles. The van der Waals surface area contributed by atoms with Crippen molar-refractivity contribution >= 4 is 16.9 Å². The lowest BCUT2D eigenvalue weighted by atomic mass is 9.97. The maximum Gasteiger partial charge on any atom is 0.290 e. The number of carbonyl (C=O) groups is 1. The van der Waals surface area contributed by atoms with Gasteiger partial charge in [-0.2, -0.15) is 0 Å². The molecule has 1 aliphatic rings. The van der Waals surface area contributed by atoms with Crippen LogP contribution >= 0.6 is 0 Å². The van der Waals surface area contributed by atoms with Gasteiger partial charge in [-0.1, -0.05) is 50.6 Å². The van der Waals surface area contributed by atoms with Gasteiger partial charge in [-0.3, -0.25) is 9.59 Å². The molecule has 1 aliphatic heterocycles. The van der Waals surface area contributed by atoms with E-state index in [0.717, 1.165) is 36.0 Å².